The van der Waals surface area contributed by atoms with Gasteiger partial charge < -0.3 is 10.2 Å². The van der Waals surface area contributed by atoms with Crippen molar-refractivity contribution >= 4 is 33.6 Å². The highest BCUT2D eigenvalue weighted by Gasteiger charge is 2.21. The molecule has 1 aliphatic rings. The topological polar surface area (TPSA) is 65.5 Å². The Bertz CT molecular complexity index is 509. The Morgan fingerprint density at radius 2 is 2.30 bits per heavy atom. The van der Waals surface area contributed by atoms with Crippen LogP contribution in [0.1, 0.15) is 6.42 Å². The highest BCUT2D eigenvalue weighted by Crippen LogP contribution is 2.13. The SMILES string of the molecule is CN1CCN(CCC(=O)Nc2cc(Br)ccn2)C(=O)C1. The molecule has 0 unspecified atom stereocenters. The summed E-state index contributed by atoms with van der Waals surface area (Å²) in [6.07, 6.45) is 1.90. The smallest absolute Gasteiger partial charge is 0.236 e. The van der Waals surface area contributed by atoms with Crippen LogP contribution in [0.5, 0.6) is 0 Å². The molecule has 2 rings (SSSR count). The summed E-state index contributed by atoms with van der Waals surface area (Å²) in [6.45, 7) is 2.40. The number of amides is 2. The van der Waals surface area contributed by atoms with Gasteiger partial charge in [0, 0.05) is 36.7 Å². The first-order valence-corrected chi connectivity index (χ1v) is 7.21. The summed E-state index contributed by atoms with van der Waals surface area (Å²) >= 11 is 3.32. The van der Waals surface area contributed by atoms with Gasteiger partial charge in [-0.15, -0.1) is 0 Å². The van der Waals surface area contributed by atoms with Crippen LogP contribution in [-0.4, -0.2) is 59.8 Å². The first kappa shape index (κ1) is 14.9. The maximum absolute atomic E-state index is 11.8. The maximum atomic E-state index is 11.8. The second kappa shape index (κ2) is 6.81. The lowest BCUT2D eigenvalue weighted by Gasteiger charge is -2.31. The number of pyridine rings is 1. The number of nitrogens with zero attached hydrogens (tertiary/aromatic N) is 3. The Hall–Kier alpha value is -1.47. The molecule has 108 valence electrons. The molecule has 0 atom stereocenters. The van der Waals surface area contributed by atoms with Gasteiger partial charge in [-0.1, -0.05) is 15.9 Å². The van der Waals surface area contributed by atoms with Gasteiger partial charge in [-0.3, -0.25) is 14.5 Å². The lowest BCUT2D eigenvalue weighted by molar-refractivity contribution is -0.135. The third kappa shape index (κ3) is 4.28. The van der Waals surface area contributed by atoms with Gasteiger partial charge in [0.05, 0.1) is 6.54 Å². The van der Waals surface area contributed by atoms with Crippen molar-refractivity contribution in [3.8, 4) is 0 Å². The summed E-state index contributed by atoms with van der Waals surface area (Å²) in [6, 6.07) is 3.53. The van der Waals surface area contributed by atoms with E-state index in [1.54, 1.807) is 23.2 Å². The van der Waals surface area contributed by atoms with Crippen LogP contribution in [0.4, 0.5) is 5.82 Å². The number of likely N-dealkylation sites (N-methyl/N-ethyl adjacent to an activating group) is 1. The zero-order valence-corrected chi connectivity index (χ0v) is 12.9. The Morgan fingerprint density at radius 3 is 3.00 bits per heavy atom. The van der Waals surface area contributed by atoms with E-state index < -0.39 is 0 Å². The van der Waals surface area contributed by atoms with Crippen LogP contribution in [0.3, 0.4) is 0 Å². The molecule has 1 aliphatic heterocycles. The van der Waals surface area contributed by atoms with Crippen LogP contribution >= 0.6 is 15.9 Å². The zero-order chi connectivity index (χ0) is 14.5. The summed E-state index contributed by atoms with van der Waals surface area (Å²) in [4.78, 5) is 31.3. The monoisotopic (exact) mass is 340 g/mol. The molecule has 0 spiro atoms. The van der Waals surface area contributed by atoms with Gasteiger partial charge in [0.1, 0.15) is 5.82 Å². The van der Waals surface area contributed by atoms with Gasteiger partial charge in [0.2, 0.25) is 11.8 Å². The first-order chi connectivity index (χ1) is 9.54. The van der Waals surface area contributed by atoms with Gasteiger partial charge in [-0.05, 0) is 19.2 Å². The molecule has 1 aromatic rings. The number of aromatic nitrogens is 1. The molecule has 1 aromatic heterocycles. The van der Waals surface area contributed by atoms with Crippen molar-refractivity contribution < 1.29 is 9.59 Å². The van der Waals surface area contributed by atoms with Crippen molar-refractivity contribution in [3.63, 3.8) is 0 Å². The molecule has 2 heterocycles. The summed E-state index contributed by atoms with van der Waals surface area (Å²) in [5.74, 6) is 0.448. The van der Waals surface area contributed by atoms with Crippen LogP contribution in [0.15, 0.2) is 22.8 Å². The summed E-state index contributed by atoms with van der Waals surface area (Å²) in [5.41, 5.74) is 0. The van der Waals surface area contributed by atoms with E-state index in [0.717, 1.165) is 11.0 Å². The molecule has 0 radical (unpaired) electrons. The first-order valence-electron chi connectivity index (χ1n) is 6.42. The maximum Gasteiger partial charge on any atom is 0.236 e. The van der Waals surface area contributed by atoms with E-state index in [9.17, 15) is 9.59 Å². The van der Waals surface area contributed by atoms with Crippen LogP contribution in [0, 0.1) is 0 Å². The van der Waals surface area contributed by atoms with Crippen molar-refractivity contribution in [2.45, 2.75) is 6.42 Å². The number of halogens is 1. The average molecular weight is 341 g/mol. The molecule has 0 aliphatic carbocycles. The minimum atomic E-state index is -0.137. The molecule has 1 N–H and O–H groups in total. The number of carbonyl (C=O) groups is 2. The van der Waals surface area contributed by atoms with E-state index in [2.05, 4.69) is 26.2 Å². The number of carbonyl (C=O) groups excluding carboxylic acids is 2. The van der Waals surface area contributed by atoms with Crippen molar-refractivity contribution in [3.05, 3.63) is 22.8 Å². The molecule has 20 heavy (non-hydrogen) atoms. The molecule has 1 saturated heterocycles. The number of anilines is 1. The van der Waals surface area contributed by atoms with Crippen molar-refractivity contribution in [2.24, 2.45) is 0 Å². The summed E-state index contributed by atoms with van der Waals surface area (Å²) in [7, 11) is 1.92. The van der Waals surface area contributed by atoms with Gasteiger partial charge in [0.15, 0.2) is 0 Å². The van der Waals surface area contributed by atoms with Gasteiger partial charge in [0.25, 0.3) is 0 Å². The predicted molar refractivity (Wildman–Crippen MR) is 79.3 cm³/mol. The Kier molecular flexibility index (Phi) is 5.08. The van der Waals surface area contributed by atoms with E-state index >= 15 is 0 Å². The predicted octanol–water partition coefficient (Wildman–Crippen LogP) is 0.947. The summed E-state index contributed by atoms with van der Waals surface area (Å²) < 4.78 is 0.858. The van der Waals surface area contributed by atoms with Crippen molar-refractivity contribution in [1.82, 2.24) is 14.8 Å². The van der Waals surface area contributed by atoms with Crippen LogP contribution in [0.25, 0.3) is 0 Å². The number of hydrogen-bond acceptors (Lipinski definition) is 4. The Balaban J connectivity index is 1.79. The van der Waals surface area contributed by atoms with Crippen LogP contribution < -0.4 is 5.32 Å². The van der Waals surface area contributed by atoms with Crippen molar-refractivity contribution in [1.29, 1.82) is 0 Å². The lowest BCUT2D eigenvalue weighted by Crippen LogP contribution is -2.49. The molecule has 7 heteroatoms. The highest BCUT2D eigenvalue weighted by molar-refractivity contribution is 9.10. The minimum absolute atomic E-state index is 0.0760. The highest BCUT2D eigenvalue weighted by atomic mass is 79.9. The fourth-order valence-electron chi connectivity index (χ4n) is 1.98. The third-order valence-corrected chi connectivity index (χ3v) is 3.60. The van der Waals surface area contributed by atoms with Gasteiger partial charge >= 0.3 is 0 Å². The largest absolute Gasteiger partial charge is 0.340 e. The molecule has 0 saturated carbocycles. The Morgan fingerprint density at radius 1 is 1.50 bits per heavy atom. The fraction of sp³-hybridized carbons (Fsp3) is 0.462. The Labute approximate surface area is 126 Å². The third-order valence-electron chi connectivity index (χ3n) is 3.11. The quantitative estimate of drug-likeness (QED) is 0.886. The van der Waals surface area contributed by atoms with E-state index in [0.29, 0.717) is 25.5 Å². The number of nitrogens with one attached hydrogen (secondary N) is 1. The van der Waals surface area contributed by atoms with E-state index in [-0.39, 0.29) is 18.2 Å². The van der Waals surface area contributed by atoms with Gasteiger partial charge in [-0.2, -0.15) is 0 Å². The second-order valence-corrected chi connectivity index (χ2v) is 5.69. The molecule has 1 fully saturated rings. The normalized spacial score (nSPS) is 16.3. The molecule has 2 amide bonds. The van der Waals surface area contributed by atoms with Crippen molar-refractivity contribution in [2.75, 3.05) is 38.5 Å². The van der Waals surface area contributed by atoms with E-state index in [1.165, 1.54) is 0 Å². The van der Waals surface area contributed by atoms with Crippen LogP contribution in [-0.2, 0) is 9.59 Å². The average Bonchev–Trinajstić information content (AvgIpc) is 2.37. The summed E-state index contributed by atoms with van der Waals surface area (Å²) in [5, 5.41) is 2.72. The molecule has 0 aromatic carbocycles. The number of piperazine rings is 1. The number of hydrogen-bond donors (Lipinski definition) is 1. The molecule has 0 bridgehead atoms. The minimum Gasteiger partial charge on any atom is -0.340 e. The lowest BCUT2D eigenvalue weighted by atomic mass is 10.3. The molecule has 6 nitrogen and oxygen atoms in total. The molecular formula is C13H17BrN4O2. The van der Waals surface area contributed by atoms with E-state index in [1.807, 2.05) is 11.9 Å². The second-order valence-electron chi connectivity index (χ2n) is 4.78. The molecular weight excluding hydrogens is 324 g/mol. The van der Waals surface area contributed by atoms with Crippen LogP contribution in [0.2, 0.25) is 0 Å². The standard InChI is InChI=1S/C13H17BrN4O2/c1-17-6-7-18(13(20)9-17)5-3-12(19)16-11-8-10(14)2-4-15-11/h2,4,8H,3,5-7,9H2,1H3,(H,15,16,19). The van der Waals surface area contributed by atoms with E-state index in [4.69, 9.17) is 0 Å². The van der Waals surface area contributed by atoms with Gasteiger partial charge in [-0.25, -0.2) is 4.98 Å². The number of rotatable bonds is 4. The fourth-order valence-corrected chi connectivity index (χ4v) is 2.31. The zero-order valence-electron chi connectivity index (χ0n) is 11.3.